The van der Waals surface area contributed by atoms with E-state index in [9.17, 15) is 19.8 Å². The molecule has 0 radical (unpaired) electrons. The van der Waals surface area contributed by atoms with Crippen LogP contribution in [0.4, 0.5) is 10.5 Å². The van der Waals surface area contributed by atoms with E-state index in [-0.39, 0.29) is 43.9 Å². The Bertz CT molecular complexity index is 1340. The van der Waals surface area contributed by atoms with Gasteiger partial charge in [0.05, 0.1) is 31.5 Å². The fourth-order valence-corrected chi connectivity index (χ4v) is 5.21. The predicted molar refractivity (Wildman–Crippen MR) is 167 cm³/mol. The maximum Gasteiger partial charge on any atom is 0.325 e. The van der Waals surface area contributed by atoms with E-state index < -0.39 is 24.4 Å². The zero-order valence-electron chi connectivity index (χ0n) is 25.7. The van der Waals surface area contributed by atoms with Crippen LogP contribution in [0.25, 0.3) is 0 Å². The first-order valence-electron chi connectivity index (χ1n) is 14.9. The number of esters is 1. The third-order valence-corrected chi connectivity index (χ3v) is 8.02. The van der Waals surface area contributed by atoms with Gasteiger partial charge in [-0.05, 0) is 49.7 Å². The summed E-state index contributed by atoms with van der Waals surface area (Å²) in [6.07, 6.45) is -1.88. The number of likely N-dealkylation sites (N-methyl/N-ethyl adjacent to an activating group) is 1. The fourth-order valence-electron chi connectivity index (χ4n) is 5.21. The number of nitrogens with one attached hydrogen (secondary N) is 2. The number of nitrogens with zero attached hydrogens (tertiary/aromatic N) is 1. The number of hydrogen-bond donors (Lipinski definition) is 4. The van der Waals surface area contributed by atoms with E-state index in [4.69, 9.17) is 14.2 Å². The topological polar surface area (TPSA) is 130 Å². The highest BCUT2D eigenvalue weighted by Crippen LogP contribution is 2.42. The summed E-state index contributed by atoms with van der Waals surface area (Å²) in [4.78, 5) is 25.8. The van der Waals surface area contributed by atoms with Gasteiger partial charge < -0.3 is 35.1 Å². The third-order valence-electron chi connectivity index (χ3n) is 8.02. The third kappa shape index (κ3) is 8.64. The van der Waals surface area contributed by atoms with Gasteiger partial charge in [0, 0.05) is 29.8 Å². The lowest BCUT2D eigenvalue weighted by Crippen LogP contribution is -2.46. The van der Waals surface area contributed by atoms with Crippen molar-refractivity contribution in [1.82, 2.24) is 10.2 Å². The molecule has 6 atom stereocenters. The summed E-state index contributed by atoms with van der Waals surface area (Å²) in [5.74, 6) is -0.540. The lowest BCUT2D eigenvalue weighted by Gasteiger charge is -2.43. The van der Waals surface area contributed by atoms with E-state index in [1.54, 1.807) is 19.1 Å². The van der Waals surface area contributed by atoms with Crippen molar-refractivity contribution in [3.05, 3.63) is 101 Å². The molecule has 0 aromatic heterocycles. The highest BCUT2D eigenvalue weighted by Gasteiger charge is 2.39. The highest BCUT2D eigenvalue weighted by molar-refractivity contribution is 5.91. The van der Waals surface area contributed by atoms with Crippen LogP contribution in [0.15, 0.2) is 78.9 Å². The summed E-state index contributed by atoms with van der Waals surface area (Å²) < 4.78 is 17.9. The molecule has 0 bridgehead atoms. The Morgan fingerprint density at radius 2 is 1.64 bits per heavy atom. The average molecular weight is 606 g/mol. The van der Waals surface area contributed by atoms with Crippen LogP contribution in [0.5, 0.6) is 0 Å². The molecule has 1 aliphatic rings. The van der Waals surface area contributed by atoms with E-state index in [0.717, 1.165) is 22.3 Å². The lowest BCUT2D eigenvalue weighted by molar-refractivity contribution is -0.276. The minimum Gasteiger partial charge on any atom is -0.465 e. The first kappa shape index (κ1) is 33.1. The van der Waals surface area contributed by atoms with Crippen LogP contribution in [0, 0.1) is 5.92 Å². The van der Waals surface area contributed by atoms with Crippen molar-refractivity contribution in [3.8, 4) is 0 Å². The standard InChI is InChI=1S/C34H43N3O7/c1-5-42-30(39)19-35-34(41)36-28-17-15-27(16-18-28)33-43-29(20-37(4)23(3)31(40)25-9-7-6-8-10-25)22(2)32(44-33)26-13-11-24(21-38)12-14-26/h6-18,22-23,29,31-33,38,40H,5,19-21H2,1-4H3,(H2,35,36,41)/t22-,23-,29+,31-,32+,33+/m1/s1. The number of rotatable bonds is 12. The van der Waals surface area contributed by atoms with Gasteiger partial charge in [0.1, 0.15) is 6.54 Å². The van der Waals surface area contributed by atoms with Crippen LogP contribution in [0.1, 0.15) is 61.5 Å². The number of hydrogen-bond acceptors (Lipinski definition) is 8. The summed E-state index contributed by atoms with van der Waals surface area (Å²) in [6.45, 7) is 6.33. The molecule has 0 saturated carbocycles. The molecule has 0 unspecified atom stereocenters. The van der Waals surface area contributed by atoms with Gasteiger partial charge in [-0.3, -0.25) is 9.69 Å². The maximum atomic E-state index is 12.2. The van der Waals surface area contributed by atoms with Crippen LogP contribution in [-0.2, 0) is 25.6 Å². The van der Waals surface area contributed by atoms with Crippen molar-refractivity contribution in [2.45, 2.75) is 58.0 Å². The largest absolute Gasteiger partial charge is 0.465 e. The number of aliphatic hydroxyl groups excluding tert-OH is 2. The lowest BCUT2D eigenvalue weighted by atomic mass is 9.89. The Labute approximate surface area is 258 Å². The molecule has 4 N–H and O–H groups in total. The van der Waals surface area contributed by atoms with Gasteiger partial charge in [-0.2, -0.15) is 0 Å². The van der Waals surface area contributed by atoms with Crippen LogP contribution in [0.3, 0.4) is 0 Å². The number of urea groups is 1. The van der Waals surface area contributed by atoms with Crippen molar-refractivity contribution in [2.24, 2.45) is 5.92 Å². The Kier molecular flexibility index (Phi) is 11.9. The zero-order chi connectivity index (χ0) is 31.6. The molecular formula is C34H43N3O7. The molecule has 3 aromatic carbocycles. The summed E-state index contributed by atoms with van der Waals surface area (Å²) in [7, 11) is 1.98. The highest BCUT2D eigenvalue weighted by atomic mass is 16.7. The van der Waals surface area contributed by atoms with Gasteiger partial charge in [0.25, 0.3) is 0 Å². The molecule has 0 aliphatic carbocycles. The zero-order valence-corrected chi connectivity index (χ0v) is 25.7. The predicted octanol–water partition coefficient (Wildman–Crippen LogP) is 4.71. The van der Waals surface area contributed by atoms with Gasteiger partial charge in [-0.1, -0.05) is 73.7 Å². The molecule has 1 heterocycles. The van der Waals surface area contributed by atoms with Crippen LogP contribution in [-0.4, -0.2) is 66.0 Å². The first-order valence-corrected chi connectivity index (χ1v) is 14.9. The molecule has 10 nitrogen and oxygen atoms in total. The summed E-state index contributed by atoms with van der Waals surface area (Å²) in [6, 6.07) is 23.8. The molecule has 2 amide bonds. The Morgan fingerprint density at radius 1 is 0.977 bits per heavy atom. The number of carbonyl (C=O) groups is 2. The minimum atomic E-state index is -0.687. The number of amides is 2. The Morgan fingerprint density at radius 3 is 2.27 bits per heavy atom. The van der Waals surface area contributed by atoms with E-state index in [1.807, 2.05) is 80.7 Å². The summed E-state index contributed by atoms with van der Waals surface area (Å²) >= 11 is 0. The monoisotopic (exact) mass is 605 g/mol. The molecule has 236 valence electrons. The fraction of sp³-hybridized carbons (Fsp3) is 0.412. The number of ether oxygens (including phenoxy) is 3. The molecule has 0 spiro atoms. The quantitative estimate of drug-likeness (QED) is 0.219. The molecular weight excluding hydrogens is 562 g/mol. The second-order valence-corrected chi connectivity index (χ2v) is 11.1. The van der Waals surface area contributed by atoms with Gasteiger partial charge in [0.2, 0.25) is 0 Å². The Balaban J connectivity index is 1.49. The van der Waals surface area contributed by atoms with E-state index >= 15 is 0 Å². The van der Waals surface area contributed by atoms with Crippen LogP contribution < -0.4 is 10.6 Å². The molecule has 10 heteroatoms. The van der Waals surface area contributed by atoms with Gasteiger partial charge in [-0.15, -0.1) is 0 Å². The molecule has 44 heavy (non-hydrogen) atoms. The normalized spacial score (nSPS) is 21.3. The van der Waals surface area contributed by atoms with Crippen molar-refractivity contribution in [3.63, 3.8) is 0 Å². The number of carbonyl (C=O) groups excluding carboxylic acids is 2. The van der Waals surface area contributed by atoms with Crippen molar-refractivity contribution in [1.29, 1.82) is 0 Å². The summed E-state index contributed by atoms with van der Waals surface area (Å²) in [5, 5.41) is 25.8. The van der Waals surface area contributed by atoms with Gasteiger partial charge in [-0.25, -0.2) is 4.79 Å². The summed E-state index contributed by atoms with van der Waals surface area (Å²) in [5.41, 5.74) is 3.96. The average Bonchev–Trinajstić information content (AvgIpc) is 3.05. The Hall–Kier alpha value is -3.80. The van der Waals surface area contributed by atoms with E-state index in [2.05, 4.69) is 22.5 Å². The number of benzene rings is 3. The van der Waals surface area contributed by atoms with Crippen molar-refractivity contribution >= 4 is 17.7 Å². The number of anilines is 1. The molecule has 1 fully saturated rings. The maximum absolute atomic E-state index is 12.2. The van der Waals surface area contributed by atoms with Gasteiger partial charge >= 0.3 is 12.0 Å². The second-order valence-electron chi connectivity index (χ2n) is 11.1. The SMILES string of the molecule is CCOC(=O)CNC(=O)Nc1ccc([C@H]2O[C@@H](CN(C)[C@H](C)[C@@H](O)c3ccccc3)[C@@H](C)[C@@H](c3ccc(CO)cc3)O2)cc1. The van der Waals surface area contributed by atoms with Crippen molar-refractivity contribution in [2.75, 3.05) is 32.1 Å². The van der Waals surface area contributed by atoms with Crippen LogP contribution in [0.2, 0.25) is 0 Å². The molecule has 1 aliphatic heterocycles. The number of aliphatic hydroxyl groups is 2. The van der Waals surface area contributed by atoms with E-state index in [1.165, 1.54) is 0 Å². The molecule has 4 rings (SSSR count). The molecule has 3 aromatic rings. The second kappa shape index (κ2) is 15.8. The van der Waals surface area contributed by atoms with Crippen molar-refractivity contribution < 1.29 is 34.0 Å². The minimum absolute atomic E-state index is 0.0289. The first-order chi connectivity index (χ1) is 21.2. The van der Waals surface area contributed by atoms with Crippen LogP contribution >= 0.6 is 0 Å². The van der Waals surface area contributed by atoms with E-state index in [0.29, 0.717) is 12.2 Å². The molecule has 1 saturated heterocycles. The van der Waals surface area contributed by atoms with Gasteiger partial charge in [0.15, 0.2) is 6.29 Å². The smallest absolute Gasteiger partial charge is 0.325 e.